The number of halogens is 2. The topological polar surface area (TPSA) is 65.1 Å². The van der Waals surface area contributed by atoms with Crippen LogP contribution in [0.4, 0.5) is 0 Å². The summed E-state index contributed by atoms with van der Waals surface area (Å²) in [6, 6.07) is 10.5. The first kappa shape index (κ1) is 25.0. The molecule has 0 heterocycles. The molecule has 168 valence electrons. The van der Waals surface area contributed by atoms with Crippen LogP contribution in [0.15, 0.2) is 36.4 Å². The van der Waals surface area contributed by atoms with Gasteiger partial charge in [0.05, 0.1) is 10.0 Å². The second-order valence-electron chi connectivity index (χ2n) is 6.96. The van der Waals surface area contributed by atoms with Gasteiger partial charge in [-0.25, -0.2) is 0 Å². The molecule has 0 fully saturated rings. The van der Waals surface area contributed by atoms with Crippen LogP contribution in [0.2, 0.25) is 10.0 Å². The molecule has 0 bridgehead atoms. The Hall–Kier alpha value is -2.28. The Morgan fingerprint density at radius 3 is 2.16 bits per heavy atom. The fourth-order valence-corrected chi connectivity index (χ4v) is 3.52. The molecular formula is C23H27Cl2NO5. The molecule has 0 aliphatic heterocycles. The third-order valence-electron chi connectivity index (χ3n) is 4.34. The van der Waals surface area contributed by atoms with Crippen molar-refractivity contribution in [2.75, 3.05) is 26.2 Å². The highest BCUT2D eigenvalue weighted by molar-refractivity contribution is 6.37. The molecule has 6 nitrogen and oxygen atoms in total. The maximum Gasteiger partial charge on any atom is 0.308 e. The van der Waals surface area contributed by atoms with E-state index >= 15 is 0 Å². The van der Waals surface area contributed by atoms with Crippen molar-refractivity contribution in [3.63, 3.8) is 0 Å². The Morgan fingerprint density at radius 2 is 1.55 bits per heavy atom. The van der Waals surface area contributed by atoms with Gasteiger partial charge in [0.25, 0.3) is 0 Å². The van der Waals surface area contributed by atoms with Crippen molar-refractivity contribution < 1.29 is 23.8 Å². The van der Waals surface area contributed by atoms with Crippen LogP contribution in [0, 0.1) is 0 Å². The Bertz CT molecular complexity index is 883. The van der Waals surface area contributed by atoms with E-state index in [4.69, 9.17) is 37.4 Å². The van der Waals surface area contributed by atoms with Gasteiger partial charge in [0.1, 0.15) is 6.61 Å². The molecule has 2 aromatic carbocycles. The lowest BCUT2D eigenvalue weighted by atomic mass is 10.1. The molecule has 0 aromatic heterocycles. The molecule has 2 aromatic rings. The zero-order chi connectivity index (χ0) is 22.8. The highest BCUT2D eigenvalue weighted by Crippen LogP contribution is 2.32. The van der Waals surface area contributed by atoms with Crippen LogP contribution in [0.5, 0.6) is 17.2 Å². The van der Waals surface area contributed by atoms with E-state index in [1.54, 1.807) is 30.3 Å². The molecule has 0 aliphatic carbocycles. The number of hydrogen-bond donors (Lipinski definition) is 0. The number of rotatable bonds is 11. The van der Waals surface area contributed by atoms with Crippen LogP contribution in [0.25, 0.3) is 0 Å². The zero-order valence-electron chi connectivity index (χ0n) is 18.0. The van der Waals surface area contributed by atoms with Gasteiger partial charge in [0.2, 0.25) is 0 Å². The van der Waals surface area contributed by atoms with Crippen LogP contribution in [0.3, 0.4) is 0 Å². The van der Waals surface area contributed by atoms with E-state index in [9.17, 15) is 9.59 Å². The first-order valence-corrected chi connectivity index (χ1v) is 10.8. The average Bonchev–Trinajstić information content (AvgIpc) is 2.69. The first-order valence-electron chi connectivity index (χ1n) is 10.1. The molecule has 0 amide bonds. The molecule has 0 saturated carbocycles. The Kier molecular flexibility index (Phi) is 10.1. The molecule has 0 N–H and O–H groups in total. The zero-order valence-corrected chi connectivity index (χ0v) is 19.5. The Morgan fingerprint density at radius 1 is 0.903 bits per heavy atom. The number of carbonyl (C=O) groups is 2. The number of esters is 2. The van der Waals surface area contributed by atoms with Crippen molar-refractivity contribution in [2.24, 2.45) is 0 Å². The van der Waals surface area contributed by atoms with Gasteiger partial charge in [-0.2, -0.15) is 0 Å². The Labute approximate surface area is 193 Å². The largest absolute Gasteiger partial charge is 0.489 e. The van der Waals surface area contributed by atoms with Gasteiger partial charge < -0.3 is 14.2 Å². The van der Waals surface area contributed by atoms with Crippen molar-refractivity contribution in [1.29, 1.82) is 0 Å². The van der Waals surface area contributed by atoms with E-state index in [0.717, 1.165) is 31.5 Å². The van der Waals surface area contributed by atoms with Crippen molar-refractivity contribution in [1.82, 2.24) is 4.90 Å². The van der Waals surface area contributed by atoms with Crippen LogP contribution in [-0.2, 0) is 16.0 Å². The molecule has 0 spiro atoms. The quantitative estimate of drug-likeness (QED) is 0.335. The Balaban J connectivity index is 1.98. The predicted octanol–water partition coefficient (Wildman–Crippen LogP) is 5.18. The van der Waals surface area contributed by atoms with E-state index in [1.165, 1.54) is 13.8 Å². The molecule has 0 aliphatic rings. The highest BCUT2D eigenvalue weighted by Gasteiger charge is 2.13. The molecule has 8 heteroatoms. The monoisotopic (exact) mass is 467 g/mol. The second-order valence-corrected chi connectivity index (χ2v) is 7.77. The summed E-state index contributed by atoms with van der Waals surface area (Å²) in [7, 11) is 0. The van der Waals surface area contributed by atoms with Gasteiger partial charge in [-0.3, -0.25) is 14.5 Å². The number of benzene rings is 2. The standard InChI is InChI=1S/C23H27Cl2NO5/c1-4-11-26(13-14-29-23-19(24)6-5-7-20(23)25)12-10-18-8-9-21(30-16(2)27)22(15-18)31-17(3)28/h5-9,15H,4,10-14H2,1-3H3. The molecular weight excluding hydrogens is 441 g/mol. The molecule has 0 saturated heterocycles. The van der Waals surface area contributed by atoms with Gasteiger partial charge in [0.15, 0.2) is 17.2 Å². The van der Waals surface area contributed by atoms with Crippen LogP contribution < -0.4 is 14.2 Å². The minimum atomic E-state index is -0.478. The normalized spacial score (nSPS) is 10.8. The van der Waals surface area contributed by atoms with Gasteiger partial charge >= 0.3 is 11.9 Å². The highest BCUT2D eigenvalue weighted by atomic mass is 35.5. The third kappa shape index (κ3) is 8.40. The van der Waals surface area contributed by atoms with Crippen molar-refractivity contribution in [3.8, 4) is 17.2 Å². The average molecular weight is 468 g/mol. The molecule has 31 heavy (non-hydrogen) atoms. The smallest absolute Gasteiger partial charge is 0.308 e. The van der Waals surface area contributed by atoms with Gasteiger partial charge in [0, 0.05) is 26.9 Å². The van der Waals surface area contributed by atoms with Crippen molar-refractivity contribution in [2.45, 2.75) is 33.6 Å². The van der Waals surface area contributed by atoms with Crippen LogP contribution in [0.1, 0.15) is 32.8 Å². The van der Waals surface area contributed by atoms with E-state index in [2.05, 4.69) is 11.8 Å². The van der Waals surface area contributed by atoms with Crippen molar-refractivity contribution >= 4 is 35.1 Å². The van der Waals surface area contributed by atoms with E-state index in [1.807, 2.05) is 6.07 Å². The summed E-state index contributed by atoms with van der Waals surface area (Å²) in [6.45, 7) is 7.56. The maximum atomic E-state index is 11.4. The number of ether oxygens (including phenoxy) is 3. The fraction of sp³-hybridized carbons (Fsp3) is 0.391. The number of carbonyl (C=O) groups excluding carboxylic acids is 2. The summed E-state index contributed by atoms with van der Waals surface area (Å²) < 4.78 is 16.1. The van der Waals surface area contributed by atoms with E-state index in [0.29, 0.717) is 28.9 Å². The summed E-state index contributed by atoms with van der Waals surface area (Å²) in [5, 5.41) is 0.973. The fourth-order valence-electron chi connectivity index (χ4n) is 3.02. The summed E-state index contributed by atoms with van der Waals surface area (Å²) in [4.78, 5) is 24.9. The molecule has 2 rings (SSSR count). The lowest BCUT2D eigenvalue weighted by Gasteiger charge is -2.22. The first-order chi connectivity index (χ1) is 14.8. The second kappa shape index (κ2) is 12.5. The molecule has 0 radical (unpaired) electrons. The van der Waals surface area contributed by atoms with Crippen LogP contribution in [-0.4, -0.2) is 43.1 Å². The van der Waals surface area contributed by atoms with E-state index < -0.39 is 11.9 Å². The summed E-state index contributed by atoms with van der Waals surface area (Å²) in [5.74, 6) is -0.00220. The summed E-state index contributed by atoms with van der Waals surface area (Å²) in [5.41, 5.74) is 0.961. The van der Waals surface area contributed by atoms with Gasteiger partial charge in [-0.05, 0) is 49.2 Å². The van der Waals surface area contributed by atoms with Crippen molar-refractivity contribution in [3.05, 3.63) is 52.0 Å². The lowest BCUT2D eigenvalue weighted by molar-refractivity contribution is -0.134. The summed E-state index contributed by atoms with van der Waals surface area (Å²) >= 11 is 12.3. The number of hydrogen-bond acceptors (Lipinski definition) is 6. The van der Waals surface area contributed by atoms with Gasteiger partial charge in [-0.1, -0.05) is 42.3 Å². The number of para-hydroxylation sites is 1. The van der Waals surface area contributed by atoms with Gasteiger partial charge in [-0.15, -0.1) is 0 Å². The predicted molar refractivity (Wildman–Crippen MR) is 121 cm³/mol. The minimum Gasteiger partial charge on any atom is -0.489 e. The SMILES string of the molecule is CCCN(CCOc1c(Cl)cccc1Cl)CCc1ccc(OC(C)=O)c(OC(C)=O)c1. The maximum absolute atomic E-state index is 11.4. The van der Waals surface area contributed by atoms with E-state index in [-0.39, 0.29) is 11.5 Å². The summed E-state index contributed by atoms with van der Waals surface area (Å²) in [6.07, 6.45) is 1.72. The minimum absolute atomic E-state index is 0.224. The third-order valence-corrected chi connectivity index (χ3v) is 4.94. The molecule has 0 unspecified atom stereocenters. The molecule has 0 atom stereocenters. The van der Waals surface area contributed by atoms with Crippen LogP contribution >= 0.6 is 23.2 Å². The lowest BCUT2D eigenvalue weighted by Crippen LogP contribution is -2.31. The number of nitrogens with zero attached hydrogens (tertiary/aromatic N) is 1.